The van der Waals surface area contributed by atoms with Gasteiger partial charge in [0, 0.05) is 5.92 Å². The normalized spacial score (nSPS) is 14.2. The van der Waals surface area contributed by atoms with Crippen molar-refractivity contribution in [2.75, 3.05) is 0 Å². The van der Waals surface area contributed by atoms with Gasteiger partial charge < -0.3 is 4.74 Å². The first kappa shape index (κ1) is 15.1. The van der Waals surface area contributed by atoms with Crippen LogP contribution in [0.1, 0.15) is 52.9 Å². The predicted octanol–water partition coefficient (Wildman–Crippen LogP) is 2.01. The molecule has 16 heavy (non-hydrogen) atoms. The smallest absolute Gasteiger partial charge is 0.314 e. The van der Waals surface area contributed by atoms with Crippen molar-refractivity contribution in [3.05, 3.63) is 0 Å². The Morgan fingerprint density at radius 3 is 2.38 bits per heavy atom. The highest BCUT2D eigenvalue weighted by atomic mass is 16.6. The summed E-state index contributed by atoms with van der Waals surface area (Å²) in [4.78, 5) is 21.9. The van der Waals surface area contributed by atoms with Gasteiger partial charge in [-0.1, -0.05) is 26.7 Å². The zero-order valence-electron chi connectivity index (χ0n) is 10.5. The third kappa shape index (κ3) is 6.56. The fraction of sp³-hybridized carbons (Fsp3) is 0.833. The van der Waals surface area contributed by atoms with Crippen LogP contribution in [-0.2, 0) is 14.3 Å². The lowest BCUT2D eigenvalue weighted by Crippen LogP contribution is -2.35. The molecule has 0 fully saturated rings. The molecular weight excluding hydrogens is 206 g/mol. The zero-order chi connectivity index (χ0) is 12.6. The van der Waals surface area contributed by atoms with E-state index in [0.717, 1.165) is 25.7 Å². The molecule has 0 rings (SSSR count). The molecule has 0 aliphatic rings. The van der Waals surface area contributed by atoms with E-state index in [1.165, 1.54) is 6.92 Å². The van der Waals surface area contributed by atoms with Crippen molar-refractivity contribution in [2.24, 2.45) is 11.7 Å². The minimum absolute atomic E-state index is 0.183. The van der Waals surface area contributed by atoms with Crippen LogP contribution in [0.15, 0.2) is 0 Å². The number of ether oxygens (including phenoxy) is 1. The van der Waals surface area contributed by atoms with Gasteiger partial charge >= 0.3 is 5.97 Å². The number of hydrogen-bond acceptors (Lipinski definition) is 4. The van der Waals surface area contributed by atoms with E-state index in [0.29, 0.717) is 0 Å². The van der Waals surface area contributed by atoms with Gasteiger partial charge in [0.05, 0.1) is 0 Å². The molecule has 0 aromatic carbocycles. The topological polar surface area (TPSA) is 69.4 Å². The van der Waals surface area contributed by atoms with Crippen LogP contribution < -0.4 is 5.73 Å². The molecule has 0 saturated carbocycles. The van der Waals surface area contributed by atoms with E-state index < -0.39 is 12.2 Å². The van der Waals surface area contributed by atoms with E-state index in [2.05, 4.69) is 6.92 Å². The number of unbranched alkanes of at least 4 members (excludes halogenated alkanes) is 1. The van der Waals surface area contributed by atoms with Crippen LogP contribution in [0.4, 0.5) is 0 Å². The van der Waals surface area contributed by atoms with E-state index in [1.54, 1.807) is 0 Å². The highest BCUT2D eigenvalue weighted by Crippen LogP contribution is 2.16. The Morgan fingerprint density at radius 1 is 1.31 bits per heavy atom. The molecule has 0 saturated heterocycles. The Morgan fingerprint density at radius 2 is 1.94 bits per heavy atom. The van der Waals surface area contributed by atoms with Crippen LogP contribution in [0.2, 0.25) is 0 Å². The number of hydrogen-bond donors (Lipinski definition) is 1. The summed E-state index contributed by atoms with van der Waals surface area (Å²) in [6.45, 7) is 5.50. The summed E-state index contributed by atoms with van der Waals surface area (Å²) in [5.74, 6) is -0.524. The average Bonchev–Trinajstić information content (AvgIpc) is 2.17. The van der Waals surface area contributed by atoms with Crippen molar-refractivity contribution >= 4 is 11.8 Å². The number of Topliss-reactive ketones (excluding diaryl/α,β-unsaturated/α-hetero) is 1. The van der Waals surface area contributed by atoms with E-state index >= 15 is 0 Å². The van der Waals surface area contributed by atoms with E-state index in [4.69, 9.17) is 10.5 Å². The van der Waals surface area contributed by atoms with Gasteiger partial charge in [-0.05, 0) is 19.8 Å². The third-order valence-electron chi connectivity index (χ3n) is 2.58. The standard InChI is InChI=1S/C12H23NO3/c1-4-6-7-10(5-2)12(13)16-11(15)8-9(3)14/h10,12H,4-8,13H2,1-3H3. The molecule has 0 aromatic rings. The minimum atomic E-state index is -0.580. The number of esters is 1. The first-order chi connectivity index (χ1) is 7.51. The van der Waals surface area contributed by atoms with Crippen molar-refractivity contribution in [1.29, 1.82) is 0 Å². The molecule has 0 amide bonds. The molecule has 2 N–H and O–H groups in total. The van der Waals surface area contributed by atoms with Crippen molar-refractivity contribution < 1.29 is 14.3 Å². The van der Waals surface area contributed by atoms with Crippen LogP contribution in [-0.4, -0.2) is 18.0 Å². The molecule has 0 aliphatic carbocycles. The van der Waals surface area contributed by atoms with Crippen LogP contribution in [0.5, 0.6) is 0 Å². The largest absolute Gasteiger partial charge is 0.446 e. The summed E-state index contributed by atoms with van der Waals surface area (Å²) < 4.78 is 5.03. The lowest BCUT2D eigenvalue weighted by Gasteiger charge is -2.22. The van der Waals surface area contributed by atoms with E-state index in [-0.39, 0.29) is 18.1 Å². The first-order valence-electron chi connectivity index (χ1n) is 5.95. The Hall–Kier alpha value is -0.900. The second-order valence-electron chi connectivity index (χ2n) is 4.14. The highest BCUT2D eigenvalue weighted by Gasteiger charge is 2.20. The van der Waals surface area contributed by atoms with Gasteiger partial charge in [-0.25, -0.2) is 0 Å². The van der Waals surface area contributed by atoms with Gasteiger partial charge in [0.2, 0.25) is 0 Å². The second kappa shape index (κ2) is 8.28. The molecule has 2 atom stereocenters. The van der Waals surface area contributed by atoms with Crippen molar-refractivity contribution in [3.8, 4) is 0 Å². The maximum absolute atomic E-state index is 11.2. The molecule has 4 nitrogen and oxygen atoms in total. The van der Waals surface area contributed by atoms with E-state index in [1.807, 2.05) is 6.92 Å². The number of carbonyl (C=O) groups is 2. The molecule has 94 valence electrons. The van der Waals surface area contributed by atoms with Crippen LogP contribution in [0, 0.1) is 5.92 Å². The summed E-state index contributed by atoms with van der Waals surface area (Å²) in [7, 11) is 0. The van der Waals surface area contributed by atoms with Gasteiger partial charge in [-0.15, -0.1) is 0 Å². The lowest BCUT2D eigenvalue weighted by molar-refractivity contribution is -0.153. The molecule has 0 aliphatic heterocycles. The monoisotopic (exact) mass is 229 g/mol. The third-order valence-corrected chi connectivity index (χ3v) is 2.58. The fourth-order valence-electron chi connectivity index (χ4n) is 1.56. The summed E-state index contributed by atoms with van der Waals surface area (Å²) in [5.41, 5.74) is 5.79. The van der Waals surface area contributed by atoms with Gasteiger partial charge in [-0.2, -0.15) is 0 Å². The number of ketones is 1. The van der Waals surface area contributed by atoms with Crippen LogP contribution in [0.25, 0.3) is 0 Å². The molecule has 2 unspecified atom stereocenters. The fourth-order valence-corrected chi connectivity index (χ4v) is 1.56. The Labute approximate surface area is 97.5 Å². The Kier molecular flexibility index (Phi) is 7.81. The Bertz CT molecular complexity index is 228. The minimum Gasteiger partial charge on any atom is -0.446 e. The van der Waals surface area contributed by atoms with Gasteiger partial charge in [0.25, 0.3) is 0 Å². The first-order valence-corrected chi connectivity index (χ1v) is 5.95. The predicted molar refractivity (Wildman–Crippen MR) is 62.7 cm³/mol. The molecule has 0 aromatic heterocycles. The molecule has 0 heterocycles. The van der Waals surface area contributed by atoms with E-state index in [9.17, 15) is 9.59 Å². The zero-order valence-corrected chi connectivity index (χ0v) is 10.5. The molecule has 0 bridgehead atoms. The summed E-state index contributed by atoms with van der Waals surface area (Å²) in [5, 5.41) is 0. The summed E-state index contributed by atoms with van der Waals surface area (Å²) in [6.07, 6.45) is 3.26. The van der Waals surface area contributed by atoms with Crippen LogP contribution >= 0.6 is 0 Å². The highest BCUT2D eigenvalue weighted by molar-refractivity contribution is 5.94. The number of carbonyl (C=O) groups excluding carboxylic acids is 2. The SMILES string of the molecule is CCCCC(CC)C(N)OC(=O)CC(C)=O. The number of nitrogens with two attached hydrogens (primary N) is 1. The molecule has 0 spiro atoms. The maximum atomic E-state index is 11.2. The van der Waals surface area contributed by atoms with Crippen molar-refractivity contribution in [1.82, 2.24) is 0 Å². The lowest BCUT2D eigenvalue weighted by atomic mass is 9.98. The van der Waals surface area contributed by atoms with Gasteiger partial charge in [-0.3, -0.25) is 15.3 Å². The Balaban J connectivity index is 4.03. The molecule has 0 radical (unpaired) electrons. The van der Waals surface area contributed by atoms with Gasteiger partial charge in [0.1, 0.15) is 12.2 Å². The number of rotatable bonds is 8. The summed E-state index contributed by atoms with van der Waals surface area (Å²) in [6, 6.07) is 0. The molecular formula is C12H23NO3. The molecule has 4 heteroatoms. The second-order valence-corrected chi connectivity index (χ2v) is 4.14. The van der Waals surface area contributed by atoms with Crippen molar-refractivity contribution in [2.45, 2.75) is 59.1 Å². The quantitative estimate of drug-likeness (QED) is 0.392. The average molecular weight is 229 g/mol. The van der Waals surface area contributed by atoms with Crippen molar-refractivity contribution in [3.63, 3.8) is 0 Å². The van der Waals surface area contributed by atoms with Gasteiger partial charge in [0.15, 0.2) is 6.23 Å². The summed E-state index contributed by atoms with van der Waals surface area (Å²) >= 11 is 0. The van der Waals surface area contributed by atoms with Crippen LogP contribution in [0.3, 0.4) is 0 Å². The maximum Gasteiger partial charge on any atom is 0.314 e.